The van der Waals surface area contributed by atoms with Gasteiger partial charge in [-0.3, -0.25) is 4.90 Å². The van der Waals surface area contributed by atoms with E-state index in [2.05, 4.69) is 28.6 Å². The van der Waals surface area contributed by atoms with E-state index >= 15 is 0 Å². The highest BCUT2D eigenvalue weighted by Gasteiger charge is 2.26. The van der Waals surface area contributed by atoms with Gasteiger partial charge in [-0.25, -0.2) is 9.78 Å². The van der Waals surface area contributed by atoms with E-state index in [4.69, 9.17) is 4.74 Å². The Morgan fingerprint density at radius 2 is 2.14 bits per heavy atom. The fraction of sp³-hybridized carbons (Fsp3) is 0.625. The standard InChI is InChI=1S/C16H25N3O2/c1-4-18(5-2)14-9-10-19(12-14)15-8-7-13(11-17-15)16(20)21-6-3/h7-8,11,14H,4-6,9-10,12H2,1-3H3. The maximum atomic E-state index is 11.6. The summed E-state index contributed by atoms with van der Waals surface area (Å²) in [5.74, 6) is 0.636. The SMILES string of the molecule is CCOC(=O)c1ccc(N2CCC(N(CC)CC)C2)nc1. The molecule has 1 aromatic rings. The van der Waals surface area contributed by atoms with Crippen LogP contribution in [0.2, 0.25) is 0 Å². The summed E-state index contributed by atoms with van der Waals surface area (Å²) in [4.78, 5) is 20.8. The molecular formula is C16H25N3O2. The molecule has 0 amide bonds. The average molecular weight is 291 g/mol. The van der Waals surface area contributed by atoms with Crippen LogP contribution in [-0.4, -0.2) is 54.7 Å². The van der Waals surface area contributed by atoms with Crippen molar-refractivity contribution in [3.8, 4) is 0 Å². The molecule has 1 aliphatic heterocycles. The van der Waals surface area contributed by atoms with Crippen LogP contribution in [0.4, 0.5) is 5.82 Å². The van der Waals surface area contributed by atoms with Crippen LogP contribution in [0, 0.1) is 0 Å². The Labute approximate surface area is 126 Å². The number of pyridine rings is 1. The molecule has 1 aliphatic rings. The molecule has 0 saturated carbocycles. The molecule has 1 saturated heterocycles. The third kappa shape index (κ3) is 3.73. The third-order valence-corrected chi connectivity index (χ3v) is 4.08. The van der Waals surface area contributed by atoms with Gasteiger partial charge in [0.15, 0.2) is 0 Å². The maximum absolute atomic E-state index is 11.6. The predicted molar refractivity (Wildman–Crippen MR) is 83.7 cm³/mol. The Morgan fingerprint density at radius 3 is 2.71 bits per heavy atom. The number of hydrogen-bond acceptors (Lipinski definition) is 5. The lowest BCUT2D eigenvalue weighted by Crippen LogP contribution is -2.37. The highest BCUT2D eigenvalue weighted by molar-refractivity contribution is 5.89. The van der Waals surface area contributed by atoms with Crippen LogP contribution in [0.1, 0.15) is 37.6 Å². The van der Waals surface area contributed by atoms with Gasteiger partial charge in [0.1, 0.15) is 5.82 Å². The minimum absolute atomic E-state index is 0.306. The van der Waals surface area contributed by atoms with Crippen molar-refractivity contribution in [1.29, 1.82) is 0 Å². The molecular weight excluding hydrogens is 266 g/mol. The summed E-state index contributed by atoms with van der Waals surface area (Å²) >= 11 is 0. The quantitative estimate of drug-likeness (QED) is 0.752. The number of rotatable bonds is 6. The molecule has 0 bridgehead atoms. The smallest absolute Gasteiger partial charge is 0.339 e. The fourth-order valence-corrected chi connectivity index (χ4v) is 2.90. The van der Waals surface area contributed by atoms with Gasteiger partial charge in [-0.2, -0.15) is 0 Å². The monoisotopic (exact) mass is 291 g/mol. The Hall–Kier alpha value is -1.62. The van der Waals surface area contributed by atoms with E-state index in [9.17, 15) is 4.79 Å². The van der Waals surface area contributed by atoms with Crippen molar-refractivity contribution in [2.45, 2.75) is 33.2 Å². The van der Waals surface area contributed by atoms with E-state index < -0.39 is 0 Å². The van der Waals surface area contributed by atoms with Crippen molar-refractivity contribution in [3.63, 3.8) is 0 Å². The van der Waals surface area contributed by atoms with Gasteiger partial charge in [0, 0.05) is 25.3 Å². The molecule has 0 radical (unpaired) electrons. The first-order chi connectivity index (χ1) is 10.2. The molecule has 1 fully saturated rings. The zero-order chi connectivity index (χ0) is 15.2. The summed E-state index contributed by atoms with van der Waals surface area (Å²) in [5.41, 5.74) is 0.514. The fourth-order valence-electron chi connectivity index (χ4n) is 2.90. The summed E-state index contributed by atoms with van der Waals surface area (Å²) in [6.07, 6.45) is 2.78. The normalized spacial score (nSPS) is 18.3. The van der Waals surface area contributed by atoms with Gasteiger partial charge in [0.2, 0.25) is 0 Å². The lowest BCUT2D eigenvalue weighted by molar-refractivity contribution is 0.0526. The second-order valence-corrected chi connectivity index (χ2v) is 5.24. The molecule has 0 spiro atoms. The molecule has 5 nitrogen and oxygen atoms in total. The molecule has 0 aromatic carbocycles. The van der Waals surface area contributed by atoms with Crippen molar-refractivity contribution in [3.05, 3.63) is 23.9 Å². The molecule has 1 aromatic heterocycles. The van der Waals surface area contributed by atoms with Crippen LogP contribution in [0.25, 0.3) is 0 Å². The van der Waals surface area contributed by atoms with Gasteiger partial charge in [0.25, 0.3) is 0 Å². The van der Waals surface area contributed by atoms with E-state index in [0.717, 1.165) is 32.0 Å². The van der Waals surface area contributed by atoms with E-state index in [1.165, 1.54) is 6.42 Å². The number of esters is 1. The molecule has 116 valence electrons. The van der Waals surface area contributed by atoms with Gasteiger partial charge >= 0.3 is 5.97 Å². The van der Waals surface area contributed by atoms with Crippen molar-refractivity contribution < 1.29 is 9.53 Å². The number of ether oxygens (including phenoxy) is 1. The summed E-state index contributed by atoms with van der Waals surface area (Å²) in [6.45, 7) is 10.8. The number of likely N-dealkylation sites (N-methyl/N-ethyl adjacent to an activating group) is 1. The first-order valence-corrected chi connectivity index (χ1v) is 7.81. The second kappa shape index (κ2) is 7.41. The van der Waals surface area contributed by atoms with Gasteiger partial charge in [-0.05, 0) is 38.6 Å². The number of aromatic nitrogens is 1. The molecule has 1 unspecified atom stereocenters. The largest absolute Gasteiger partial charge is 0.462 e. The van der Waals surface area contributed by atoms with Crippen molar-refractivity contribution >= 4 is 11.8 Å². The summed E-state index contributed by atoms with van der Waals surface area (Å²) in [7, 11) is 0. The highest BCUT2D eigenvalue weighted by atomic mass is 16.5. The van der Waals surface area contributed by atoms with Crippen LogP contribution in [0.15, 0.2) is 18.3 Å². The van der Waals surface area contributed by atoms with Crippen molar-refractivity contribution in [2.24, 2.45) is 0 Å². The van der Waals surface area contributed by atoms with Gasteiger partial charge < -0.3 is 9.64 Å². The topological polar surface area (TPSA) is 45.7 Å². The Morgan fingerprint density at radius 1 is 1.38 bits per heavy atom. The van der Waals surface area contributed by atoms with Crippen LogP contribution < -0.4 is 4.90 Å². The second-order valence-electron chi connectivity index (χ2n) is 5.24. The summed E-state index contributed by atoms with van der Waals surface area (Å²) in [6, 6.07) is 4.31. The summed E-state index contributed by atoms with van der Waals surface area (Å²) in [5, 5.41) is 0. The van der Waals surface area contributed by atoms with Gasteiger partial charge in [0.05, 0.1) is 12.2 Å². The minimum Gasteiger partial charge on any atom is -0.462 e. The van der Waals surface area contributed by atoms with Crippen molar-refractivity contribution in [1.82, 2.24) is 9.88 Å². The van der Waals surface area contributed by atoms with E-state index in [1.807, 2.05) is 6.07 Å². The Balaban J connectivity index is 1.99. The Kier molecular flexibility index (Phi) is 5.56. The van der Waals surface area contributed by atoms with Crippen molar-refractivity contribution in [2.75, 3.05) is 37.7 Å². The van der Waals surface area contributed by atoms with Gasteiger partial charge in [-0.15, -0.1) is 0 Å². The molecule has 0 aliphatic carbocycles. The van der Waals surface area contributed by atoms with E-state index in [-0.39, 0.29) is 5.97 Å². The maximum Gasteiger partial charge on any atom is 0.339 e. The van der Waals surface area contributed by atoms with Crippen LogP contribution in [0.3, 0.4) is 0 Å². The molecule has 2 heterocycles. The van der Waals surface area contributed by atoms with E-state index in [0.29, 0.717) is 18.2 Å². The molecule has 0 N–H and O–H groups in total. The molecule has 1 atom stereocenters. The molecule has 5 heteroatoms. The zero-order valence-corrected chi connectivity index (χ0v) is 13.2. The number of anilines is 1. The molecule has 2 rings (SSSR count). The number of carbonyl (C=O) groups is 1. The van der Waals surface area contributed by atoms with Crippen LogP contribution in [0.5, 0.6) is 0 Å². The predicted octanol–water partition coefficient (Wildman–Crippen LogP) is 2.18. The highest BCUT2D eigenvalue weighted by Crippen LogP contribution is 2.21. The zero-order valence-electron chi connectivity index (χ0n) is 13.2. The van der Waals surface area contributed by atoms with Crippen LogP contribution >= 0.6 is 0 Å². The lowest BCUT2D eigenvalue weighted by atomic mass is 10.2. The van der Waals surface area contributed by atoms with E-state index in [1.54, 1.807) is 19.2 Å². The Bertz CT molecular complexity index is 457. The first-order valence-electron chi connectivity index (χ1n) is 7.81. The van der Waals surface area contributed by atoms with Gasteiger partial charge in [-0.1, -0.05) is 13.8 Å². The number of carbonyl (C=O) groups excluding carboxylic acids is 1. The average Bonchev–Trinajstić information content (AvgIpc) is 2.99. The molecule has 21 heavy (non-hydrogen) atoms. The summed E-state index contributed by atoms with van der Waals surface area (Å²) < 4.78 is 4.97. The van der Waals surface area contributed by atoms with Crippen LogP contribution in [-0.2, 0) is 4.74 Å². The lowest BCUT2D eigenvalue weighted by Gasteiger charge is -2.26. The third-order valence-electron chi connectivity index (χ3n) is 4.08. The number of nitrogens with zero attached hydrogens (tertiary/aromatic N) is 3. The first kappa shape index (κ1) is 15.8. The minimum atomic E-state index is -0.306. The number of hydrogen-bond donors (Lipinski definition) is 0.